The summed E-state index contributed by atoms with van der Waals surface area (Å²) < 4.78 is 5.30. The topological polar surface area (TPSA) is 57.2 Å². The fourth-order valence-corrected chi connectivity index (χ4v) is 1.59. The lowest BCUT2D eigenvalue weighted by Crippen LogP contribution is -2.41. The first-order chi connectivity index (χ1) is 9.88. The fourth-order valence-electron chi connectivity index (χ4n) is 1.59. The van der Waals surface area contributed by atoms with Crippen molar-refractivity contribution in [1.29, 1.82) is 0 Å². The van der Waals surface area contributed by atoms with Gasteiger partial charge in [0.05, 0.1) is 0 Å². The Balaban J connectivity index is 0. The second-order valence-electron chi connectivity index (χ2n) is 5.22. The minimum absolute atomic E-state index is 0. The van der Waals surface area contributed by atoms with Crippen molar-refractivity contribution in [3.05, 3.63) is 12.2 Å². The van der Waals surface area contributed by atoms with E-state index in [0.29, 0.717) is 12.5 Å². The molecule has 1 N–H and O–H groups in total. The lowest BCUT2D eigenvalue weighted by Gasteiger charge is -2.23. The molecule has 0 rings (SSSR count). The molecule has 0 aromatic rings. The van der Waals surface area contributed by atoms with Gasteiger partial charge >= 0.3 is 0 Å². The van der Waals surface area contributed by atoms with E-state index in [1.165, 1.54) is 4.90 Å². The molecule has 7 heteroatoms. The van der Waals surface area contributed by atoms with Gasteiger partial charge in [-0.25, -0.2) is 4.99 Å². The van der Waals surface area contributed by atoms with Crippen molar-refractivity contribution in [3.8, 4) is 0 Å². The highest BCUT2D eigenvalue weighted by Crippen LogP contribution is 1.95. The molecule has 0 aliphatic carbocycles. The Morgan fingerprint density at radius 3 is 2.45 bits per heavy atom. The molecule has 130 valence electrons. The number of nitrogens with one attached hydrogen (secondary N) is 1. The monoisotopic (exact) mass is 426 g/mol. The Morgan fingerprint density at radius 2 is 1.95 bits per heavy atom. The van der Waals surface area contributed by atoms with Crippen molar-refractivity contribution in [2.75, 3.05) is 54.0 Å². The van der Waals surface area contributed by atoms with Gasteiger partial charge in [0.25, 0.3) is 0 Å². The number of carbonyl (C=O) groups is 1. The summed E-state index contributed by atoms with van der Waals surface area (Å²) in [5.74, 6) is 0.692. The average Bonchev–Trinajstić information content (AvgIpc) is 2.40. The summed E-state index contributed by atoms with van der Waals surface area (Å²) in [5, 5.41) is 3.26. The lowest BCUT2D eigenvalue weighted by atomic mass is 10.3. The Labute approximate surface area is 152 Å². The number of rotatable bonds is 9. The summed E-state index contributed by atoms with van der Waals surface area (Å²) in [4.78, 5) is 19.5. The van der Waals surface area contributed by atoms with Gasteiger partial charge in [0, 0.05) is 47.4 Å². The van der Waals surface area contributed by atoms with E-state index >= 15 is 0 Å². The summed E-state index contributed by atoms with van der Waals surface area (Å²) >= 11 is 0. The number of amides is 1. The molecule has 22 heavy (non-hydrogen) atoms. The van der Waals surface area contributed by atoms with Crippen LogP contribution < -0.4 is 5.32 Å². The number of hydrogen-bond donors (Lipinski definition) is 1. The molecular formula is C15H31IN4O2. The highest BCUT2D eigenvalue weighted by Gasteiger charge is 2.08. The second kappa shape index (κ2) is 13.8. The first kappa shape index (κ1) is 23.4. The molecule has 0 heterocycles. The smallest absolute Gasteiger partial charge is 0.243 e. The number of hydrogen-bond acceptors (Lipinski definition) is 3. The molecule has 0 saturated heterocycles. The quantitative estimate of drug-likeness (QED) is 0.200. The summed E-state index contributed by atoms with van der Waals surface area (Å²) in [7, 11) is 5.39. The maximum absolute atomic E-state index is 11.6. The standard InChI is InChI=1S/C15H30N4O2.HI/c1-7-21-10-8-9-16-15(19(6)12-13(2)3)17-11-14(20)18(4)5;/h2,7-12H2,1,3-6H3,(H,16,17);1H. The number of ether oxygens (including phenoxy) is 1. The summed E-state index contributed by atoms with van der Waals surface area (Å²) in [6, 6.07) is 0. The van der Waals surface area contributed by atoms with Crippen LogP contribution >= 0.6 is 24.0 Å². The van der Waals surface area contributed by atoms with E-state index in [1.54, 1.807) is 14.1 Å². The maximum Gasteiger partial charge on any atom is 0.243 e. The summed E-state index contributed by atoms with van der Waals surface area (Å²) in [5.41, 5.74) is 1.04. The maximum atomic E-state index is 11.6. The van der Waals surface area contributed by atoms with Crippen LogP contribution in [0.5, 0.6) is 0 Å². The van der Waals surface area contributed by atoms with Crippen LogP contribution in [0.2, 0.25) is 0 Å². The predicted octanol–water partition coefficient (Wildman–Crippen LogP) is 1.57. The first-order valence-corrected chi connectivity index (χ1v) is 7.30. The van der Waals surface area contributed by atoms with Gasteiger partial charge in [-0.1, -0.05) is 12.2 Å². The summed E-state index contributed by atoms with van der Waals surface area (Å²) in [6.07, 6.45) is 0.898. The van der Waals surface area contributed by atoms with Gasteiger partial charge in [-0.3, -0.25) is 4.79 Å². The number of carbonyl (C=O) groups excluding carboxylic acids is 1. The van der Waals surface area contributed by atoms with Crippen molar-refractivity contribution >= 4 is 35.8 Å². The predicted molar refractivity (Wildman–Crippen MR) is 103 cm³/mol. The Hall–Kier alpha value is -0.830. The molecule has 0 aliphatic rings. The van der Waals surface area contributed by atoms with Crippen LogP contribution in [0.1, 0.15) is 20.3 Å². The van der Waals surface area contributed by atoms with Crippen molar-refractivity contribution in [2.45, 2.75) is 20.3 Å². The fraction of sp³-hybridized carbons (Fsp3) is 0.733. The molecule has 6 nitrogen and oxygen atoms in total. The molecule has 0 aliphatic heterocycles. The molecule has 0 fully saturated rings. The largest absolute Gasteiger partial charge is 0.382 e. The zero-order chi connectivity index (χ0) is 16.3. The zero-order valence-corrected chi connectivity index (χ0v) is 16.8. The second-order valence-corrected chi connectivity index (χ2v) is 5.22. The van der Waals surface area contributed by atoms with Gasteiger partial charge in [-0.2, -0.15) is 0 Å². The molecule has 0 unspecified atom stereocenters. The van der Waals surface area contributed by atoms with Crippen LogP contribution in [0, 0.1) is 0 Å². The number of likely N-dealkylation sites (N-methyl/N-ethyl adjacent to an activating group) is 2. The molecule has 0 radical (unpaired) electrons. The third-order valence-corrected chi connectivity index (χ3v) is 2.68. The van der Waals surface area contributed by atoms with Crippen LogP contribution in [0.4, 0.5) is 0 Å². The van der Waals surface area contributed by atoms with Crippen molar-refractivity contribution in [3.63, 3.8) is 0 Å². The number of halogens is 1. The molecule has 0 atom stereocenters. The van der Waals surface area contributed by atoms with Crippen molar-refractivity contribution in [2.24, 2.45) is 4.99 Å². The normalized spacial score (nSPS) is 10.7. The van der Waals surface area contributed by atoms with Crippen LogP contribution in [0.15, 0.2) is 17.1 Å². The zero-order valence-electron chi connectivity index (χ0n) is 14.5. The van der Waals surface area contributed by atoms with E-state index in [9.17, 15) is 4.79 Å². The number of guanidine groups is 1. The minimum atomic E-state index is -0.0210. The third-order valence-electron chi connectivity index (χ3n) is 2.68. The van der Waals surface area contributed by atoms with Crippen molar-refractivity contribution in [1.82, 2.24) is 15.1 Å². The van der Waals surface area contributed by atoms with Crippen LogP contribution in [-0.2, 0) is 9.53 Å². The molecule has 0 spiro atoms. The molecule has 0 aromatic heterocycles. The molecule has 0 bridgehead atoms. The van der Waals surface area contributed by atoms with Gasteiger partial charge in [-0.05, 0) is 20.3 Å². The first-order valence-electron chi connectivity index (χ1n) is 7.30. The van der Waals surface area contributed by atoms with Crippen LogP contribution in [0.3, 0.4) is 0 Å². The van der Waals surface area contributed by atoms with Gasteiger partial charge in [0.15, 0.2) is 5.96 Å². The van der Waals surface area contributed by atoms with Gasteiger partial charge in [0.2, 0.25) is 5.91 Å². The van der Waals surface area contributed by atoms with Gasteiger partial charge in [-0.15, -0.1) is 24.0 Å². The average molecular weight is 426 g/mol. The number of nitrogens with zero attached hydrogens (tertiary/aromatic N) is 3. The lowest BCUT2D eigenvalue weighted by molar-refractivity contribution is -0.127. The van der Waals surface area contributed by atoms with Gasteiger partial charge < -0.3 is 19.9 Å². The van der Waals surface area contributed by atoms with Crippen LogP contribution in [0.25, 0.3) is 0 Å². The Bertz CT molecular complexity index is 359. The van der Waals surface area contributed by atoms with E-state index in [2.05, 4.69) is 16.9 Å². The molecule has 0 aromatic carbocycles. The van der Waals surface area contributed by atoms with E-state index in [4.69, 9.17) is 4.74 Å². The van der Waals surface area contributed by atoms with Gasteiger partial charge in [0.1, 0.15) is 6.54 Å². The minimum Gasteiger partial charge on any atom is -0.382 e. The van der Waals surface area contributed by atoms with E-state index < -0.39 is 0 Å². The highest BCUT2D eigenvalue weighted by atomic mass is 127. The Kier molecular flexibility index (Phi) is 14.7. The molecular weight excluding hydrogens is 395 g/mol. The highest BCUT2D eigenvalue weighted by molar-refractivity contribution is 14.0. The van der Waals surface area contributed by atoms with E-state index in [1.807, 2.05) is 25.8 Å². The van der Waals surface area contributed by atoms with E-state index in [-0.39, 0.29) is 36.4 Å². The molecule has 0 saturated carbocycles. The third kappa shape index (κ3) is 11.8. The molecule has 1 amide bonds. The Morgan fingerprint density at radius 1 is 1.32 bits per heavy atom. The van der Waals surface area contributed by atoms with Crippen molar-refractivity contribution < 1.29 is 9.53 Å². The SMILES string of the molecule is C=C(C)CN(C)C(=NCC(=O)N(C)C)NCCCOCC.I. The summed E-state index contributed by atoms with van der Waals surface area (Å²) in [6.45, 7) is 10.9. The van der Waals surface area contributed by atoms with E-state index in [0.717, 1.165) is 31.8 Å². The van der Waals surface area contributed by atoms with Crippen LogP contribution in [-0.4, -0.2) is 75.7 Å². The number of aliphatic imine (C=N–C) groups is 1.